The van der Waals surface area contributed by atoms with Crippen molar-refractivity contribution in [1.29, 1.82) is 0 Å². The zero-order valence-corrected chi connectivity index (χ0v) is 10.9. The van der Waals surface area contributed by atoms with Gasteiger partial charge in [-0.2, -0.15) is 0 Å². The first-order valence-electron chi connectivity index (χ1n) is 6.00. The third-order valence-electron chi connectivity index (χ3n) is 2.55. The van der Waals surface area contributed by atoms with Gasteiger partial charge in [0, 0.05) is 18.3 Å². The Morgan fingerprint density at radius 1 is 0.950 bits per heavy atom. The number of amides is 1. The molecular weight excluding hydrogens is 256 g/mol. The molecule has 0 saturated carbocycles. The van der Waals surface area contributed by atoms with Gasteiger partial charge in [0.25, 0.3) is 5.91 Å². The van der Waals surface area contributed by atoms with Crippen molar-refractivity contribution in [2.75, 3.05) is 11.1 Å². The Hall–Kier alpha value is -2.82. The number of hydrogen-bond donors (Lipinski definition) is 2. The smallest absolute Gasteiger partial charge is 0.291 e. The molecule has 0 spiro atoms. The van der Waals surface area contributed by atoms with Crippen LogP contribution in [0.1, 0.15) is 6.92 Å². The third-order valence-corrected chi connectivity index (χ3v) is 2.55. The first-order chi connectivity index (χ1) is 9.54. The molecular formula is C15H14N2O3. The highest BCUT2D eigenvalue weighted by Gasteiger charge is 2.07. The molecule has 20 heavy (non-hydrogen) atoms. The van der Waals surface area contributed by atoms with E-state index in [1.165, 1.54) is 6.92 Å². The van der Waals surface area contributed by atoms with Gasteiger partial charge in [0.05, 0.1) is 0 Å². The Labute approximate surface area is 116 Å². The fourth-order valence-corrected chi connectivity index (χ4v) is 1.50. The van der Waals surface area contributed by atoms with Gasteiger partial charge in [0.15, 0.2) is 0 Å². The summed E-state index contributed by atoms with van der Waals surface area (Å²) in [6.45, 7) is 1.22. The molecule has 0 aliphatic heterocycles. The number of nitrogens with two attached hydrogens (primary N) is 1. The zero-order valence-electron chi connectivity index (χ0n) is 10.9. The highest BCUT2D eigenvalue weighted by Crippen LogP contribution is 2.23. The minimum absolute atomic E-state index is 0.535. The fraction of sp³-hybridized carbons (Fsp3) is 0.0667. The predicted molar refractivity (Wildman–Crippen MR) is 76.7 cm³/mol. The first-order valence-corrected chi connectivity index (χ1v) is 6.00. The third kappa shape index (κ3) is 3.58. The van der Waals surface area contributed by atoms with E-state index in [0.29, 0.717) is 22.9 Å². The molecule has 2 rings (SSSR count). The van der Waals surface area contributed by atoms with Gasteiger partial charge < -0.3 is 15.8 Å². The number of rotatable bonds is 4. The summed E-state index contributed by atoms with van der Waals surface area (Å²) in [5.74, 6) is 0.111. The van der Waals surface area contributed by atoms with Gasteiger partial charge in [-0.15, -0.1) is 0 Å². The van der Waals surface area contributed by atoms with Crippen LogP contribution in [0.4, 0.5) is 11.4 Å². The number of hydrogen-bond acceptors (Lipinski definition) is 4. The van der Waals surface area contributed by atoms with E-state index in [-0.39, 0.29) is 0 Å². The Bertz CT molecular complexity index is 619. The minimum atomic E-state index is -0.641. The molecule has 5 heteroatoms. The summed E-state index contributed by atoms with van der Waals surface area (Å²) >= 11 is 0. The number of nitrogens with one attached hydrogen (secondary N) is 1. The van der Waals surface area contributed by atoms with Crippen LogP contribution in [-0.4, -0.2) is 11.7 Å². The van der Waals surface area contributed by atoms with E-state index in [0.717, 1.165) is 0 Å². The molecule has 0 fully saturated rings. The van der Waals surface area contributed by atoms with Crippen LogP contribution in [0.25, 0.3) is 0 Å². The zero-order chi connectivity index (χ0) is 14.5. The van der Waals surface area contributed by atoms with Gasteiger partial charge in [-0.3, -0.25) is 9.59 Å². The van der Waals surface area contributed by atoms with Crippen LogP contribution < -0.4 is 15.8 Å². The van der Waals surface area contributed by atoms with Gasteiger partial charge >= 0.3 is 0 Å². The highest BCUT2D eigenvalue weighted by atomic mass is 16.5. The predicted octanol–water partition coefficient (Wildman–Crippen LogP) is 2.59. The average Bonchev–Trinajstić information content (AvgIpc) is 2.43. The molecule has 0 aromatic heterocycles. The number of ketones is 1. The van der Waals surface area contributed by atoms with Crippen molar-refractivity contribution in [3.8, 4) is 11.5 Å². The van der Waals surface area contributed by atoms with E-state index < -0.39 is 11.7 Å². The van der Waals surface area contributed by atoms with E-state index in [1.807, 2.05) is 0 Å². The second-order valence-corrected chi connectivity index (χ2v) is 4.21. The van der Waals surface area contributed by atoms with E-state index in [1.54, 1.807) is 48.5 Å². The summed E-state index contributed by atoms with van der Waals surface area (Å²) in [7, 11) is 0. The highest BCUT2D eigenvalue weighted by molar-refractivity contribution is 6.39. The SMILES string of the molecule is CC(=O)C(=O)Nc1ccc(Oc2ccc(N)cc2)cc1. The Morgan fingerprint density at radius 2 is 1.45 bits per heavy atom. The largest absolute Gasteiger partial charge is 0.457 e. The van der Waals surface area contributed by atoms with E-state index >= 15 is 0 Å². The van der Waals surface area contributed by atoms with Crippen LogP contribution in [0.5, 0.6) is 11.5 Å². The van der Waals surface area contributed by atoms with Crippen LogP contribution in [-0.2, 0) is 9.59 Å². The topological polar surface area (TPSA) is 81.4 Å². The van der Waals surface area contributed by atoms with Crippen molar-refractivity contribution in [3.05, 3.63) is 48.5 Å². The fourth-order valence-electron chi connectivity index (χ4n) is 1.50. The van der Waals surface area contributed by atoms with Crippen molar-refractivity contribution >= 4 is 23.1 Å². The molecule has 0 heterocycles. The minimum Gasteiger partial charge on any atom is -0.457 e. The molecule has 0 atom stereocenters. The summed E-state index contributed by atoms with van der Waals surface area (Å²) in [5, 5.41) is 2.48. The molecule has 0 unspecified atom stereocenters. The maximum absolute atomic E-state index is 11.2. The number of anilines is 2. The van der Waals surface area contributed by atoms with Crippen molar-refractivity contribution in [1.82, 2.24) is 0 Å². The maximum atomic E-state index is 11.2. The monoisotopic (exact) mass is 270 g/mol. The summed E-state index contributed by atoms with van der Waals surface area (Å²) in [6, 6.07) is 13.7. The Kier molecular flexibility index (Phi) is 4.00. The van der Waals surface area contributed by atoms with Crippen LogP contribution in [0, 0.1) is 0 Å². The van der Waals surface area contributed by atoms with Gasteiger partial charge in [-0.25, -0.2) is 0 Å². The van der Waals surface area contributed by atoms with Crippen LogP contribution in [0.2, 0.25) is 0 Å². The average molecular weight is 270 g/mol. The summed E-state index contributed by atoms with van der Waals surface area (Å²) < 4.78 is 5.61. The molecule has 3 N–H and O–H groups in total. The molecule has 0 bridgehead atoms. The van der Waals surface area contributed by atoms with Crippen LogP contribution in [0.15, 0.2) is 48.5 Å². The normalized spacial score (nSPS) is 9.85. The number of ether oxygens (including phenoxy) is 1. The number of carbonyl (C=O) groups excluding carboxylic acids is 2. The van der Waals surface area contributed by atoms with Gasteiger partial charge in [-0.05, 0) is 48.5 Å². The van der Waals surface area contributed by atoms with Crippen molar-refractivity contribution < 1.29 is 14.3 Å². The molecule has 0 aliphatic carbocycles. The number of benzene rings is 2. The van der Waals surface area contributed by atoms with Crippen molar-refractivity contribution in [2.45, 2.75) is 6.92 Å². The molecule has 1 amide bonds. The second kappa shape index (κ2) is 5.88. The molecule has 0 saturated heterocycles. The van der Waals surface area contributed by atoms with Crippen LogP contribution >= 0.6 is 0 Å². The molecule has 0 radical (unpaired) electrons. The molecule has 102 valence electrons. The van der Waals surface area contributed by atoms with E-state index in [4.69, 9.17) is 10.5 Å². The van der Waals surface area contributed by atoms with Crippen LogP contribution in [0.3, 0.4) is 0 Å². The molecule has 0 aliphatic rings. The number of Topliss-reactive ketones (excluding diaryl/α,β-unsaturated/α-hetero) is 1. The number of carbonyl (C=O) groups is 2. The summed E-state index contributed by atoms with van der Waals surface area (Å²) in [4.78, 5) is 22.1. The lowest BCUT2D eigenvalue weighted by molar-refractivity contribution is -0.133. The second-order valence-electron chi connectivity index (χ2n) is 4.21. The lowest BCUT2D eigenvalue weighted by Crippen LogP contribution is -2.19. The van der Waals surface area contributed by atoms with Crippen molar-refractivity contribution in [2.24, 2.45) is 0 Å². The van der Waals surface area contributed by atoms with Gasteiger partial charge in [0.1, 0.15) is 11.5 Å². The Morgan fingerprint density at radius 3 is 1.95 bits per heavy atom. The molecule has 2 aromatic rings. The lowest BCUT2D eigenvalue weighted by atomic mass is 10.2. The molecule has 5 nitrogen and oxygen atoms in total. The van der Waals surface area contributed by atoms with Gasteiger partial charge in [-0.1, -0.05) is 0 Å². The van der Waals surface area contributed by atoms with Gasteiger partial charge in [0.2, 0.25) is 5.78 Å². The van der Waals surface area contributed by atoms with Crippen molar-refractivity contribution in [3.63, 3.8) is 0 Å². The number of nitrogen functional groups attached to an aromatic ring is 1. The first kappa shape index (κ1) is 13.6. The van der Waals surface area contributed by atoms with E-state index in [9.17, 15) is 9.59 Å². The quantitative estimate of drug-likeness (QED) is 0.661. The molecule has 2 aromatic carbocycles. The maximum Gasteiger partial charge on any atom is 0.291 e. The standard InChI is InChI=1S/C15H14N2O3/c1-10(18)15(19)17-12-4-8-14(9-5-12)20-13-6-2-11(16)3-7-13/h2-9H,16H2,1H3,(H,17,19). The van der Waals surface area contributed by atoms with E-state index in [2.05, 4.69) is 5.32 Å². The summed E-state index contributed by atoms with van der Waals surface area (Å²) in [5.41, 5.74) is 6.79. The Balaban J connectivity index is 2.03. The lowest BCUT2D eigenvalue weighted by Gasteiger charge is -2.07. The summed E-state index contributed by atoms with van der Waals surface area (Å²) in [6.07, 6.45) is 0.